The summed E-state index contributed by atoms with van der Waals surface area (Å²) < 4.78 is 0. The van der Waals surface area contributed by atoms with Crippen molar-refractivity contribution in [3.05, 3.63) is 12.4 Å². The van der Waals surface area contributed by atoms with Gasteiger partial charge in [0, 0.05) is 25.7 Å². The van der Waals surface area contributed by atoms with Crippen molar-refractivity contribution >= 4 is 30.8 Å². The zero-order chi connectivity index (χ0) is 9.97. The first-order valence-corrected chi connectivity index (χ1v) is 4.76. The van der Waals surface area contributed by atoms with Gasteiger partial charge in [0.1, 0.15) is 0 Å². The molecular weight excluding hydrogens is 251 g/mol. The number of halogens is 2. The van der Waals surface area contributed by atoms with Crippen LogP contribution >= 0.6 is 24.8 Å². The van der Waals surface area contributed by atoms with Crippen molar-refractivity contribution in [2.75, 3.05) is 24.5 Å². The first kappa shape index (κ1) is 15.2. The number of rotatable bonds is 1. The van der Waals surface area contributed by atoms with E-state index < -0.39 is 0 Å². The van der Waals surface area contributed by atoms with Crippen LogP contribution in [0.3, 0.4) is 0 Å². The zero-order valence-electron chi connectivity index (χ0n) is 8.96. The number of hydrogen-bond donors (Lipinski definition) is 2. The molecule has 1 fully saturated rings. The SMILES string of the molecule is CC1CNCCN1c1ncc(O)cn1.Cl.Cl. The van der Waals surface area contributed by atoms with Crippen LogP contribution in [0.15, 0.2) is 12.4 Å². The lowest BCUT2D eigenvalue weighted by Gasteiger charge is -2.33. The molecule has 0 aromatic carbocycles. The quantitative estimate of drug-likeness (QED) is 0.789. The first-order chi connectivity index (χ1) is 6.77. The summed E-state index contributed by atoms with van der Waals surface area (Å²) in [7, 11) is 0. The van der Waals surface area contributed by atoms with Crippen molar-refractivity contribution in [2.24, 2.45) is 0 Å². The third-order valence-corrected chi connectivity index (χ3v) is 2.38. The molecule has 1 aromatic heterocycles. The lowest BCUT2D eigenvalue weighted by atomic mass is 10.2. The van der Waals surface area contributed by atoms with Crippen molar-refractivity contribution in [2.45, 2.75) is 13.0 Å². The second-order valence-corrected chi connectivity index (χ2v) is 3.49. The molecular formula is C9H16Cl2N4O. The summed E-state index contributed by atoms with van der Waals surface area (Å²) in [6.07, 6.45) is 2.86. The molecule has 0 radical (unpaired) electrons. The molecule has 2 N–H and O–H groups in total. The van der Waals surface area contributed by atoms with Crippen molar-refractivity contribution in [3.8, 4) is 5.75 Å². The molecule has 0 aliphatic carbocycles. The third kappa shape index (κ3) is 3.37. The largest absolute Gasteiger partial charge is 0.505 e. The van der Waals surface area contributed by atoms with Crippen molar-refractivity contribution in [3.63, 3.8) is 0 Å². The molecule has 5 nitrogen and oxygen atoms in total. The smallest absolute Gasteiger partial charge is 0.225 e. The van der Waals surface area contributed by atoms with Gasteiger partial charge in [0.25, 0.3) is 0 Å². The van der Waals surface area contributed by atoms with E-state index in [9.17, 15) is 0 Å². The van der Waals surface area contributed by atoms with Crippen LogP contribution in [-0.4, -0.2) is 40.8 Å². The normalized spacial score (nSPS) is 19.6. The Labute approximate surface area is 107 Å². The fraction of sp³-hybridized carbons (Fsp3) is 0.556. The molecule has 1 aromatic rings. The Morgan fingerprint density at radius 1 is 1.38 bits per heavy atom. The Balaban J connectivity index is 0.00000112. The maximum atomic E-state index is 9.07. The van der Waals surface area contributed by atoms with E-state index in [4.69, 9.17) is 5.11 Å². The fourth-order valence-electron chi connectivity index (χ4n) is 1.60. The number of nitrogens with zero attached hydrogens (tertiary/aromatic N) is 3. The van der Waals surface area contributed by atoms with Crippen LogP contribution in [0.5, 0.6) is 5.75 Å². The minimum absolute atomic E-state index is 0. The summed E-state index contributed by atoms with van der Waals surface area (Å²) >= 11 is 0. The molecule has 1 unspecified atom stereocenters. The molecule has 16 heavy (non-hydrogen) atoms. The van der Waals surface area contributed by atoms with Gasteiger partial charge in [-0.2, -0.15) is 0 Å². The maximum absolute atomic E-state index is 9.07. The van der Waals surface area contributed by atoms with Gasteiger partial charge in [-0.05, 0) is 6.92 Å². The molecule has 2 heterocycles. The van der Waals surface area contributed by atoms with E-state index in [0.717, 1.165) is 19.6 Å². The molecule has 92 valence electrons. The van der Waals surface area contributed by atoms with Crippen LogP contribution in [0, 0.1) is 0 Å². The predicted octanol–water partition coefficient (Wildman–Crippen LogP) is 0.824. The average molecular weight is 267 g/mol. The van der Waals surface area contributed by atoms with Gasteiger partial charge in [-0.25, -0.2) is 9.97 Å². The lowest BCUT2D eigenvalue weighted by Crippen LogP contribution is -2.50. The van der Waals surface area contributed by atoms with Gasteiger partial charge in [-0.15, -0.1) is 24.8 Å². The second-order valence-electron chi connectivity index (χ2n) is 3.49. The number of nitrogens with one attached hydrogen (secondary N) is 1. The van der Waals surface area contributed by atoms with E-state index in [-0.39, 0.29) is 30.6 Å². The number of anilines is 1. The van der Waals surface area contributed by atoms with E-state index in [1.54, 1.807) is 0 Å². The number of aromatic hydroxyl groups is 1. The van der Waals surface area contributed by atoms with Gasteiger partial charge in [0.2, 0.25) is 5.95 Å². The van der Waals surface area contributed by atoms with Gasteiger partial charge >= 0.3 is 0 Å². The van der Waals surface area contributed by atoms with E-state index in [2.05, 4.69) is 27.1 Å². The first-order valence-electron chi connectivity index (χ1n) is 4.76. The molecule has 0 saturated carbocycles. The van der Waals surface area contributed by atoms with Gasteiger partial charge in [0.15, 0.2) is 5.75 Å². The standard InChI is InChI=1S/C9H14N4O.2ClH/c1-7-4-10-2-3-13(7)9-11-5-8(14)6-12-9;;/h5-7,10,14H,2-4H2,1H3;2*1H. The zero-order valence-corrected chi connectivity index (χ0v) is 10.6. The summed E-state index contributed by atoms with van der Waals surface area (Å²) in [4.78, 5) is 10.3. The minimum atomic E-state index is 0. The van der Waals surface area contributed by atoms with Crippen molar-refractivity contribution in [1.82, 2.24) is 15.3 Å². The van der Waals surface area contributed by atoms with Crippen LogP contribution in [0.25, 0.3) is 0 Å². The highest BCUT2D eigenvalue weighted by Gasteiger charge is 2.19. The molecule has 1 aliphatic heterocycles. The summed E-state index contributed by atoms with van der Waals surface area (Å²) in [6.45, 7) is 4.94. The van der Waals surface area contributed by atoms with Crippen LogP contribution in [0.4, 0.5) is 5.95 Å². The number of aromatic nitrogens is 2. The van der Waals surface area contributed by atoms with Crippen LogP contribution in [0.2, 0.25) is 0 Å². The van der Waals surface area contributed by atoms with Crippen molar-refractivity contribution < 1.29 is 5.11 Å². The molecule has 2 rings (SSSR count). The van der Waals surface area contributed by atoms with E-state index >= 15 is 0 Å². The Kier molecular flexibility index (Phi) is 6.40. The third-order valence-electron chi connectivity index (χ3n) is 2.38. The molecule has 1 aliphatic rings. The van der Waals surface area contributed by atoms with E-state index in [0.29, 0.717) is 12.0 Å². The Bertz CT molecular complexity index is 309. The van der Waals surface area contributed by atoms with Crippen LogP contribution < -0.4 is 10.2 Å². The average Bonchev–Trinajstić information content (AvgIpc) is 2.20. The summed E-state index contributed by atoms with van der Waals surface area (Å²) in [5.41, 5.74) is 0. The summed E-state index contributed by atoms with van der Waals surface area (Å²) in [5.74, 6) is 0.799. The second kappa shape index (κ2) is 6.73. The molecule has 7 heteroatoms. The number of hydrogen-bond acceptors (Lipinski definition) is 5. The van der Waals surface area contributed by atoms with Gasteiger partial charge < -0.3 is 15.3 Å². The predicted molar refractivity (Wildman–Crippen MR) is 67.9 cm³/mol. The molecule has 0 spiro atoms. The van der Waals surface area contributed by atoms with E-state index in [1.165, 1.54) is 12.4 Å². The van der Waals surface area contributed by atoms with Gasteiger partial charge in [-0.3, -0.25) is 0 Å². The molecule has 0 amide bonds. The maximum Gasteiger partial charge on any atom is 0.225 e. The molecule has 0 bridgehead atoms. The Morgan fingerprint density at radius 2 is 2.00 bits per heavy atom. The van der Waals surface area contributed by atoms with Crippen LogP contribution in [-0.2, 0) is 0 Å². The topological polar surface area (TPSA) is 61.3 Å². The van der Waals surface area contributed by atoms with Crippen molar-refractivity contribution in [1.29, 1.82) is 0 Å². The molecule has 1 atom stereocenters. The molecule has 1 saturated heterocycles. The van der Waals surface area contributed by atoms with Crippen LogP contribution in [0.1, 0.15) is 6.92 Å². The Hall–Kier alpha value is -0.780. The van der Waals surface area contributed by atoms with Gasteiger partial charge in [0.05, 0.1) is 12.4 Å². The summed E-state index contributed by atoms with van der Waals surface area (Å²) in [5, 5.41) is 12.4. The lowest BCUT2D eigenvalue weighted by molar-refractivity contribution is 0.465. The highest BCUT2D eigenvalue weighted by atomic mass is 35.5. The minimum Gasteiger partial charge on any atom is -0.505 e. The Morgan fingerprint density at radius 3 is 2.56 bits per heavy atom. The highest BCUT2D eigenvalue weighted by Crippen LogP contribution is 2.14. The highest BCUT2D eigenvalue weighted by molar-refractivity contribution is 5.85. The number of piperazine rings is 1. The van der Waals surface area contributed by atoms with E-state index in [1.807, 2.05) is 0 Å². The summed E-state index contributed by atoms with van der Waals surface area (Å²) in [6, 6.07) is 0.397. The fourth-order valence-corrected chi connectivity index (χ4v) is 1.60. The monoisotopic (exact) mass is 266 g/mol. The van der Waals surface area contributed by atoms with Gasteiger partial charge in [-0.1, -0.05) is 0 Å².